The molecule has 32 heavy (non-hydrogen) atoms. The van der Waals surface area contributed by atoms with Crippen molar-refractivity contribution in [3.05, 3.63) is 88.5 Å². The van der Waals surface area contributed by atoms with E-state index in [0.29, 0.717) is 40.1 Å². The Labute approximate surface area is 191 Å². The molecule has 3 rings (SSSR count). The van der Waals surface area contributed by atoms with Gasteiger partial charge in [0.05, 0.1) is 19.2 Å². The Balaban J connectivity index is 1.70. The van der Waals surface area contributed by atoms with E-state index in [2.05, 4.69) is 5.32 Å². The summed E-state index contributed by atoms with van der Waals surface area (Å²) in [5.41, 5.74) is 1.97. The first-order valence-corrected chi connectivity index (χ1v) is 10.0. The SMILES string of the molecule is COc1cc(OC)c(/C=C(\C#N)C(=O)Nc2ccc(OCc3ccccc3)cc2)cc1Cl. The summed E-state index contributed by atoms with van der Waals surface area (Å²) in [5.74, 6) is 0.963. The molecule has 0 atom stereocenters. The van der Waals surface area contributed by atoms with Crippen LogP contribution in [0.15, 0.2) is 72.3 Å². The molecule has 1 amide bonds. The lowest BCUT2D eigenvalue weighted by Gasteiger charge is -2.10. The topological polar surface area (TPSA) is 80.6 Å². The second-order valence-corrected chi connectivity index (χ2v) is 7.06. The molecule has 0 unspecified atom stereocenters. The van der Waals surface area contributed by atoms with E-state index in [9.17, 15) is 10.1 Å². The normalized spacial score (nSPS) is 10.8. The molecular weight excluding hydrogens is 428 g/mol. The van der Waals surface area contributed by atoms with Gasteiger partial charge >= 0.3 is 0 Å². The molecule has 162 valence electrons. The van der Waals surface area contributed by atoms with Crippen molar-refractivity contribution in [3.63, 3.8) is 0 Å². The van der Waals surface area contributed by atoms with Crippen molar-refractivity contribution in [2.45, 2.75) is 6.61 Å². The van der Waals surface area contributed by atoms with Gasteiger partial charge in [0.25, 0.3) is 5.91 Å². The zero-order chi connectivity index (χ0) is 22.9. The Kier molecular flexibility index (Phi) is 7.74. The number of hydrogen-bond acceptors (Lipinski definition) is 5. The molecule has 0 aliphatic rings. The fourth-order valence-electron chi connectivity index (χ4n) is 2.87. The Hall–Kier alpha value is -3.95. The highest BCUT2D eigenvalue weighted by Crippen LogP contribution is 2.33. The zero-order valence-electron chi connectivity index (χ0n) is 17.6. The van der Waals surface area contributed by atoms with Crippen molar-refractivity contribution >= 4 is 29.3 Å². The van der Waals surface area contributed by atoms with Crippen LogP contribution in [0.1, 0.15) is 11.1 Å². The maximum atomic E-state index is 12.6. The average molecular weight is 449 g/mol. The second kappa shape index (κ2) is 10.9. The van der Waals surface area contributed by atoms with E-state index < -0.39 is 5.91 Å². The van der Waals surface area contributed by atoms with Gasteiger partial charge in [-0.3, -0.25) is 4.79 Å². The monoisotopic (exact) mass is 448 g/mol. The lowest BCUT2D eigenvalue weighted by atomic mass is 10.1. The molecule has 6 nitrogen and oxygen atoms in total. The minimum Gasteiger partial charge on any atom is -0.496 e. The number of rotatable bonds is 8. The van der Waals surface area contributed by atoms with Crippen LogP contribution in [-0.4, -0.2) is 20.1 Å². The van der Waals surface area contributed by atoms with Crippen molar-refractivity contribution in [1.29, 1.82) is 5.26 Å². The predicted molar refractivity (Wildman–Crippen MR) is 124 cm³/mol. The molecule has 7 heteroatoms. The molecule has 0 aliphatic heterocycles. The molecule has 3 aromatic carbocycles. The summed E-state index contributed by atoms with van der Waals surface area (Å²) >= 11 is 6.17. The summed E-state index contributed by atoms with van der Waals surface area (Å²) in [6, 6.07) is 21.8. The number of carbonyl (C=O) groups is 1. The van der Waals surface area contributed by atoms with Crippen molar-refractivity contribution in [3.8, 4) is 23.3 Å². The highest BCUT2D eigenvalue weighted by Gasteiger charge is 2.14. The van der Waals surface area contributed by atoms with Gasteiger partial charge in [0.15, 0.2) is 0 Å². The van der Waals surface area contributed by atoms with E-state index >= 15 is 0 Å². The van der Waals surface area contributed by atoms with E-state index in [-0.39, 0.29) is 5.57 Å². The van der Waals surface area contributed by atoms with E-state index in [4.69, 9.17) is 25.8 Å². The Morgan fingerprint density at radius 2 is 1.72 bits per heavy atom. The second-order valence-electron chi connectivity index (χ2n) is 6.65. The minimum absolute atomic E-state index is 0.103. The quantitative estimate of drug-likeness (QED) is 0.364. The van der Waals surface area contributed by atoms with Crippen molar-refractivity contribution in [2.24, 2.45) is 0 Å². The van der Waals surface area contributed by atoms with Gasteiger partial charge in [0.1, 0.15) is 35.5 Å². The van der Waals surface area contributed by atoms with Gasteiger partial charge in [-0.2, -0.15) is 5.26 Å². The standard InChI is InChI=1S/C25H21ClN2O4/c1-30-23-14-24(31-2)22(26)13-18(23)12-19(15-27)25(29)28-20-8-10-21(11-9-20)32-16-17-6-4-3-5-7-17/h3-14H,16H2,1-2H3,(H,28,29)/b19-12+. The molecule has 0 radical (unpaired) electrons. The summed E-state index contributed by atoms with van der Waals surface area (Å²) in [6.07, 6.45) is 1.41. The number of hydrogen-bond donors (Lipinski definition) is 1. The van der Waals surface area contributed by atoms with Gasteiger partial charge in [0.2, 0.25) is 0 Å². The highest BCUT2D eigenvalue weighted by molar-refractivity contribution is 6.32. The van der Waals surface area contributed by atoms with Gasteiger partial charge in [-0.05, 0) is 42.0 Å². The third kappa shape index (κ3) is 5.81. The van der Waals surface area contributed by atoms with Crippen molar-refractivity contribution in [1.82, 2.24) is 0 Å². The van der Waals surface area contributed by atoms with Crippen LogP contribution in [0.25, 0.3) is 6.08 Å². The number of anilines is 1. The van der Waals surface area contributed by atoms with Gasteiger partial charge in [-0.25, -0.2) is 0 Å². The maximum Gasteiger partial charge on any atom is 0.266 e. The van der Waals surface area contributed by atoms with Crippen LogP contribution >= 0.6 is 11.6 Å². The molecule has 0 aliphatic carbocycles. The number of halogens is 1. The third-order valence-electron chi connectivity index (χ3n) is 4.53. The molecule has 0 spiro atoms. The molecule has 1 N–H and O–H groups in total. The van der Waals surface area contributed by atoms with E-state index in [1.807, 2.05) is 36.4 Å². The van der Waals surface area contributed by atoms with Gasteiger partial charge in [0, 0.05) is 17.3 Å². The Morgan fingerprint density at radius 3 is 2.34 bits per heavy atom. The molecular formula is C25H21ClN2O4. The summed E-state index contributed by atoms with van der Waals surface area (Å²) in [4.78, 5) is 12.6. The number of ether oxygens (including phenoxy) is 3. The van der Waals surface area contributed by atoms with Crippen LogP contribution in [0.3, 0.4) is 0 Å². The molecule has 0 saturated heterocycles. The average Bonchev–Trinajstić information content (AvgIpc) is 2.82. The van der Waals surface area contributed by atoms with Crippen LogP contribution in [-0.2, 0) is 11.4 Å². The maximum absolute atomic E-state index is 12.6. The lowest BCUT2D eigenvalue weighted by molar-refractivity contribution is -0.112. The number of benzene rings is 3. The first-order valence-electron chi connectivity index (χ1n) is 9.65. The number of nitriles is 1. The highest BCUT2D eigenvalue weighted by atomic mass is 35.5. The molecule has 0 bridgehead atoms. The van der Waals surface area contributed by atoms with E-state index in [1.54, 1.807) is 36.4 Å². The fraction of sp³-hybridized carbons (Fsp3) is 0.120. The Morgan fingerprint density at radius 1 is 1.03 bits per heavy atom. The third-order valence-corrected chi connectivity index (χ3v) is 4.82. The van der Waals surface area contributed by atoms with Crippen molar-refractivity contribution < 1.29 is 19.0 Å². The number of carbonyl (C=O) groups excluding carboxylic acids is 1. The van der Waals surface area contributed by atoms with Crippen LogP contribution in [0.5, 0.6) is 17.2 Å². The molecule has 0 saturated carbocycles. The van der Waals surface area contributed by atoms with Crippen LogP contribution in [0, 0.1) is 11.3 Å². The lowest BCUT2D eigenvalue weighted by Crippen LogP contribution is -2.13. The number of methoxy groups -OCH3 is 2. The van der Waals surface area contributed by atoms with E-state index in [0.717, 1.165) is 5.56 Å². The smallest absolute Gasteiger partial charge is 0.266 e. The summed E-state index contributed by atoms with van der Waals surface area (Å²) < 4.78 is 16.2. The van der Waals surface area contributed by atoms with Crippen LogP contribution in [0.4, 0.5) is 5.69 Å². The van der Waals surface area contributed by atoms with Crippen molar-refractivity contribution in [2.75, 3.05) is 19.5 Å². The number of nitrogens with one attached hydrogen (secondary N) is 1. The van der Waals surface area contributed by atoms with Crippen LogP contribution in [0.2, 0.25) is 5.02 Å². The predicted octanol–water partition coefficient (Wildman–Crippen LogP) is 5.48. The van der Waals surface area contributed by atoms with Gasteiger partial charge < -0.3 is 19.5 Å². The molecule has 0 aromatic heterocycles. The van der Waals surface area contributed by atoms with Crippen LogP contribution < -0.4 is 19.5 Å². The first kappa shape index (κ1) is 22.7. The van der Waals surface area contributed by atoms with Gasteiger partial charge in [-0.1, -0.05) is 41.9 Å². The number of amides is 1. The summed E-state index contributed by atoms with van der Waals surface area (Å²) in [6.45, 7) is 0.445. The fourth-order valence-corrected chi connectivity index (χ4v) is 3.12. The van der Waals surface area contributed by atoms with E-state index in [1.165, 1.54) is 20.3 Å². The summed E-state index contributed by atoms with van der Waals surface area (Å²) in [7, 11) is 2.97. The molecule has 0 heterocycles. The number of nitrogens with zero attached hydrogens (tertiary/aromatic N) is 1. The molecule has 0 fully saturated rings. The largest absolute Gasteiger partial charge is 0.496 e. The first-order chi connectivity index (χ1) is 15.5. The Bertz CT molecular complexity index is 1150. The van der Waals surface area contributed by atoms with Gasteiger partial charge in [-0.15, -0.1) is 0 Å². The molecule has 3 aromatic rings. The summed E-state index contributed by atoms with van der Waals surface area (Å²) in [5, 5.41) is 12.5. The minimum atomic E-state index is -0.556. The zero-order valence-corrected chi connectivity index (χ0v) is 18.3.